The van der Waals surface area contributed by atoms with E-state index in [2.05, 4.69) is 17.4 Å². The Bertz CT molecular complexity index is 465. The van der Waals surface area contributed by atoms with Gasteiger partial charge in [-0.1, -0.05) is 49.6 Å². The van der Waals surface area contributed by atoms with Gasteiger partial charge < -0.3 is 11.1 Å². The van der Waals surface area contributed by atoms with Crippen LogP contribution in [0.25, 0.3) is 0 Å². The smallest absolute Gasteiger partial charge is 0.223 e. The number of nitrogens with one attached hydrogen (secondary N) is 1. The summed E-state index contributed by atoms with van der Waals surface area (Å²) in [4.78, 5) is 12.2. The summed E-state index contributed by atoms with van der Waals surface area (Å²) < 4.78 is 0. The van der Waals surface area contributed by atoms with Gasteiger partial charge in [-0.2, -0.15) is 0 Å². The van der Waals surface area contributed by atoms with Gasteiger partial charge in [-0.3, -0.25) is 4.79 Å². The molecule has 3 nitrogen and oxygen atoms in total. The van der Waals surface area contributed by atoms with Crippen LogP contribution in [0.15, 0.2) is 30.3 Å². The van der Waals surface area contributed by atoms with Crippen LogP contribution in [0.3, 0.4) is 0 Å². The van der Waals surface area contributed by atoms with Crippen LogP contribution in [0.2, 0.25) is 0 Å². The first-order valence-electron chi connectivity index (χ1n) is 7.79. The third kappa shape index (κ3) is 3.04. The molecule has 3 heteroatoms. The lowest BCUT2D eigenvalue weighted by atomic mass is 9.82. The van der Waals surface area contributed by atoms with E-state index in [1.807, 2.05) is 18.2 Å². The van der Waals surface area contributed by atoms with Gasteiger partial charge in [0, 0.05) is 18.0 Å². The van der Waals surface area contributed by atoms with E-state index in [1.165, 1.54) is 24.8 Å². The number of hydrogen-bond donors (Lipinski definition) is 2. The van der Waals surface area contributed by atoms with Crippen LogP contribution in [0.4, 0.5) is 0 Å². The van der Waals surface area contributed by atoms with Crippen molar-refractivity contribution in [2.75, 3.05) is 6.54 Å². The lowest BCUT2D eigenvalue weighted by molar-refractivity contribution is -0.122. The molecule has 2 aliphatic carbocycles. The van der Waals surface area contributed by atoms with Gasteiger partial charge >= 0.3 is 0 Å². The number of hydrogen-bond acceptors (Lipinski definition) is 2. The van der Waals surface area contributed by atoms with Gasteiger partial charge in [0.25, 0.3) is 0 Å². The maximum Gasteiger partial charge on any atom is 0.223 e. The average Bonchev–Trinajstić information content (AvgIpc) is 3.27. The van der Waals surface area contributed by atoms with E-state index in [-0.39, 0.29) is 17.4 Å². The molecule has 0 spiro atoms. The van der Waals surface area contributed by atoms with E-state index in [4.69, 9.17) is 5.73 Å². The molecule has 1 aromatic rings. The molecule has 0 heterocycles. The van der Waals surface area contributed by atoms with Crippen molar-refractivity contribution in [2.24, 2.45) is 11.7 Å². The Balaban J connectivity index is 1.49. The van der Waals surface area contributed by atoms with Gasteiger partial charge in [0.15, 0.2) is 0 Å². The van der Waals surface area contributed by atoms with Gasteiger partial charge in [0.05, 0.1) is 0 Å². The number of carbonyl (C=O) groups is 1. The second-order valence-corrected chi connectivity index (χ2v) is 6.50. The zero-order valence-corrected chi connectivity index (χ0v) is 12.0. The molecule has 20 heavy (non-hydrogen) atoms. The molecule has 2 unspecified atom stereocenters. The maximum atomic E-state index is 12.2. The number of carbonyl (C=O) groups excluding carboxylic acids is 1. The van der Waals surface area contributed by atoms with E-state index in [9.17, 15) is 4.79 Å². The van der Waals surface area contributed by atoms with Crippen molar-refractivity contribution in [1.82, 2.24) is 5.32 Å². The number of rotatable bonds is 4. The molecule has 0 aliphatic heterocycles. The molecular formula is C17H24N2O. The van der Waals surface area contributed by atoms with Crippen molar-refractivity contribution in [3.05, 3.63) is 35.9 Å². The summed E-state index contributed by atoms with van der Waals surface area (Å²) in [6.07, 6.45) is 6.74. The zero-order valence-electron chi connectivity index (χ0n) is 12.0. The van der Waals surface area contributed by atoms with Crippen molar-refractivity contribution in [2.45, 2.75) is 50.0 Å². The van der Waals surface area contributed by atoms with Crippen molar-refractivity contribution in [3.8, 4) is 0 Å². The zero-order chi connectivity index (χ0) is 14.0. The van der Waals surface area contributed by atoms with Crippen LogP contribution >= 0.6 is 0 Å². The van der Waals surface area contributed by atoms with Crippen molar-refractivity contribution in [1.29, 1.82) is 0 Å². The van der Waals surface area contributed by atoms with E-state index in [1.54, 1.807) is 0 Å². The van der Waals surface area contributed by atoms with Gasteiger partial charge in [0.1, 0.15) is 0 Å². The summed E-state index contributed by atoms with van der Waals surface area (Å²) in [5.74, 6) is 0.759. The molecule has 3 rings (SSSR count). The Morgan fingerprint density at radius 3 is 2.60 bits per heavy atom. The largest absolute Gasteiger partial charge is 0.354 e. The Labute approximate surface area is 120 Å². The fraction of sp³-hybridized carbons (Fsp3) is 0.588. The average molecular weight is 272 g/mol. The molecular weight excluding hydrogens is 248 g/mol. The Kier molecular flexibility index (Phi) is 3.79. The lowest BCUT2D eigenvalue weighted by Gasteiger charge is -2.33. The maximum absolute atomic E-state index is 12.2. The fourth-order valence-electron chi connectivity index (χ4n) is 3.38. The molecule has 1 amide bonds. The van der Waals surface area contributed by atoms with Gasteiger partial charge in [-0.25, -0.2) is 0 Å². The highest BCUT2D eigenvalue weighted by atomic mass is 16.2. The van der Waals surface area contributed by atoms with Crippen molar-refractivity contribution >= 4 is 5.91 Å². The van der Waals surface area contributed by atoms with E-state index in [0.29, 0.717) is 12.5 Å². The number of nitrogens with two attached hydrogens (primary N) is 1. The van der Waals surface area contributed by atoms with Gasteiger partial charge in [0.2, 0.25) is 5.91 Å². The molecule has 0 saturated heterocycles. The molecule has 108 valence electrons. The van der Waals surface area contributed by atoms with Crippen LogP contribution in [-0.2, 0) is 4.79 Å². The fourth-order valence-corrected chi connectivity index (χ4v) is 3.38. The molecule has 2 atom stereocenters. The van der Waals surface area contributed by atoms with E-state index in [0.717, 1.165) is 19.3 Å². The highest BCUT2D eigenvalue weighted by molar-refractivity contribution is 5.82. The summed E-state index contributed by atoms with van der Waals surface area (Å²) in [7, 11) is 0. The third-order valence-electron chi connectivity index (χ3n) is 4.82. The highest BCUT2D eigenvalue weighted by Gasteiger charge is 2.44. The first kappa shape index (κ1) is 13.6. The molecule has 0 bridgehead atoms. The Morgan fingerprint density at radius 2 is 1.90 bits per heavy atom. The molecule has 2 aliphatic rings. The Hall–Kier alpha value is -1.35. The summed E-state index contributed by atoms with van der Waals surface area (Å²) in [5.41, 5.74) is 7.48. The van der Waals surface area contributed by atoms with Gasteiger partial charge in [-0.05, 0) is 30.7 Å². The van der Waals surface area contributed by atoms with Crippen LogP contribution in [-0.4, -0.2) is 18.0 Å². The van der Waals surface area contributed by atoms with Crippen LogP contribution in [0.5, 0.6) is 0 Å². The van der Waals surface area contributed by atoms with Crippen molar-refractivity contribution < 1.29 is 4.79 Å². The molecule has 2 saturated carbocycles. The minimum Gasteiger partial charge on any atom is -0.354 e. The Morgan fingerprint density at radius 1 is 1.20 bits per heavy atom. The molecule has 3 N–H and O–H groups in total. The summed E-state index contributed by atoms with van der Waals surface area (Å²) in [6, 6.07) is 10.3. The second kappa shape index (κ2) is 5.57. The topological polar surface area (TPSA) is 55.1 Å². The normalized spacial score (nSPS) is 27.9. The van der Waals surface area contributed by atoms with E-state index >= 15 is 0 Å². The first-order chi connectivity index (χ1) is 9.68. The first-order valence-corrected chi connectivity index (χ1v) is 7.79. The summed E-state index contributed by atoms with van der Waals surface area (Å²) >= 11 is 0. The second-order valence-electron chi connectivity index (χ2n) is 6.50. The molecule has 0 radical (unpaired) electrons. The van der Waals surface area contributed by atoms with Crippen molar-refractivity contribution in [3.63, 3.8) is 0 Å². The molecule has 0 aromatic heterocycles. The predicted molar refractivity (Wildman–Crippen MR) is 80.3 cm³/mol. The number of amides is 1. The minimum absolute atomic E-state index is 0.157. The van der Waals surface area contributed by atoms with E-state index < -0.39 is 0 Å². The SMILES string of the molecule is NC1(CNC(=O)C2CC2c2ccccc2)CCCCC1. The van der Waals surface area contributed by atoms with Crippen LogP contribution < -0.4 is 11.1 Å². The molecule has 1 aromatic carbocycles. The highest BCUT2D eigenvalue weighted by Crippen LogP contribution is 2.47. The lowest BCUT2D eigenvalue weighted by Crippen LogP contribution is -2.51. The van der Waals surface area contributed by atoms with Crippen LogP contribution in [0, 0.1) is 5.92 Å². The molecule has 2 fully saturated rings. The third-order valence-corrected chi connectivity index (χ3v) is 4.82. The summed E-state index contributed by atoms with van der Waals surface area (Å²) in [5, 5.41) is 3.09. The predicted octanol–water partition coefficient (Wildman–Crippen LogP) is 2.57. The number of benzene rings is 1. The van der Waals surface area contributed by atoms with Gasteiger partial charge in [-0.15, -0.1) is 0 Å². The monoisotopic (exact) mass is 272 g/mol. The van der Waals surface area contributed by atoms with Crippen LogP contribution in [0.1, 0.15) is 50.0 Å². The standard InChI is InChI=1S/C17H24N2O/c18-17(9-5-2-6-10-17)12-19-16(20)15-11-14(15)13-7-3-1-4-8-13/h1,3-4,7-8,14-15H,2,5-6,9-12,18H2,(H,19,20). The minimum atomic E-state index is -0.162. The quantitative estimate of drug-likeness (QED) is 0.885. The summed E-state index contributed by atoms with van der Waals surface area (Å²) in [6.45, 7) is 0.643.